The summed E-state index contributed by atoms with van der Waals surface area (Å²) in [6.07, 6.45) is 8.61. The Morgan fingerprint density at radius 3 is 2.35 bits per heavy atom. The fourth-order valence-corrected chi connectivity index (χ4v) is 5.74. The lowest BCUT2D eigenvalue weighted by Gasteiger charge is -2.07. The summed E-state index contributed by atoms with van der Waals surface area (Å²) in [6, 6.07) is 27.2. The molecule has 0 amide bonds. The van der Waals surface area contributed by atoms with Crippen molar-refractivity contribution < 1.29 is 4.74 Å². The molecule has 0 atom stereocenters. The van der Waals surface area contributed by atoms with Gasteiger partial charge in [-0.25, -0.2) is 4.68 Å². The molecular formula is C34H31N5O3S. The second-order valence-corrected chi connectivity index (χ2v) is 11.3. The van der Waals surface area contributed by atoms with Gasteiger partial charge in [-0.1, -0.05) is 86.1 Å². The number of fused-ring (bicyclic) bond motifs is 1. The van der Waals surface area contributed by atoms with Crippen LogP contribution in [0.2, 0.25) is 0 Å². The van der Waals surface area contributed by atoms with E-state index in [1.54, 1.807) is 10.8 Å². The zero-order valence-electron chi connectivity index (χ0n) is 23.8. The van der Waals surface area contributed by atoms with Crippen molar-refractivity contribution in [1.29, 1.82) is 0 Å². The number of hydrogen-bond acceptors (Lipinski definition) is 7. The van der Waals surface area contributed by atoms with Crippen molar-refractivity contribution in [1.82, 2.24) is 24.4 Å². The van der Waals surface area contributed by atoms with Crippen LogP contribution in [-0.4, -0.2) is 31.0 Å². The van der Waals surface area contributed by atoms with Gasteiger partial charge in [0, 0.05) is 23.7 Å². The molecule has 6 aromatic rings. The second-order valence-electron chi connectivity index (χ2n) is 10.3. The molecule has 3 aromatic carbocycles. The average Bonchev–Trinajstić information content (AvgIpc) is 3.59. The van der Waals surface area contributed by atoms with E-state index in [2.05, 4.69) is 17.0 Å². The predicted octanol–water partition coefficient (Wildman–Crippen LogP) is 5.46. The number of thiazole rings is 1. The monoisotopic (exact) mass is 589 g/mol. The summed E-state index contributed by atoms with van der Waals surface area (Å²) in [4.78, 5) is 30.7. The van der Waals surface area contributed by atoms with Crippen LogP contribution in [-0.2, 0) is 6.42 Å². The molecule has 0 radical (unpaired) electrons. The number of nitrogens with zero attached hydrogens (tertiary/aromatic N) is 5. The van der Waals surface area contributed by atoms with Gasteiger partial charge in [0.2, 0.25) is 4.96 Å². The van der Waals surface area contributed by atoms with E-state index in [9.17, 15) is 9.59 Å². The topological polar surface area (TPSA) is 91.4 Å². The molecule has 0 aliphatic heterocycles. The Balaban J connectivity index is 1.37. The van der Waals surface area contributed by atoms with Crippen LogP contribution in [0.3, 0.4) is 0 Å². The zero-order valence-corrected chi connectivity index (χ0v) is 24.7. The maximum atomic E-state index is 13.5. The van der Waals surface area contributed by atoms with Crippen LogP contribution in [0.1, 0.15) is 49.4 Å². The minimum atomic E-state index is -0.429. The fraction of sp³-hybridized carbons (Fsp3) is 0.206. The van der Waals surface area contributed by atoms with E-state index >= 15 is 0 Å². The van der Waals surface area contributed by atoms with Gasteiger partial charge in [0.25, 0.3) is 11.1 Å². The highest BCUT2D eigenvalue weighted by atomic mass is 32.1. The predicted molar refractivity (Wildman–Crippen MR) is 170 cm³/mol. The summed E-state index contributed by atoms with van der Waals surface area (Å²) < 4.78 is 9.38. The van der Waals surface area contributed by atoms with Gasteiger partial charge in [-0.3, -0.25) is 9.59 Å². The number of para-hydroxylation sites is 1. The van der Waals surface area contributed by atoms with Crippen LogP contribution in [0.5, 0.6) is 5.75 Å². The molecule has 6 rings (SSSR count). The lowest BCUT2D eigenvalue weighted by Crippen LogP contribution is -2.28. The van der Waals surface area contributed by atoms with Crippen molar-refractivity contribution in [2.24, 2.45) is 0 Å². The molecule has 8 nitrogen and oxygen atoms in total. The van der Waals surface area contributed by atoms with Gasteiger partial charge in [0.1, 0.15) is 17.1 Å². The zero-order chi connectivity index (χ0) is 29.6. The first-order valence-electron chi connectivity index (χ1n) is 14.5. The van der Waals surface area contributed by atoms with Crippen molar-refractivity contribution in [3.63, 3.8) is 0 Å². The number of hydrogen-bond donors (Lipinski definition) is 0. The van der Waals surface area contributed by atoms with E-state index in [-0.39, 0.29) is 16.2 Å². The minimum Gasteiger partial charge on any atom is -0.494 e. The van der Waals surface area contributed by atoms with Crippen LogP contribution >= 0.6 is 11.3 Å². The number of rotatable bonds is 11. The molecule has 0 unspecified atom stereocenters. The highest BCUT2D eigenvalue weighted by Crippen LogP contribution is 2.26. The van der Waals surface area contributed by atoms with Gasteiger partial charge in [0.15, 0.2) is 0 Å². The lowest BCUT2D eigenvalue weighted by molar-refractivity contribution is 0.305. The number of aromatic nitrogens is 5. The SMILES string of the molecule is CCCCCCOc1ccc(-c2nn(-c3ccccc3)cc2C=c2sc3nc(=O)c(Cc4ccccc4)nn3c2=O)cc1. The average molecular weight is 590 g/mol. The van der Waals surface area contributed by atoms with Crippen molar-refractivity contribution in [3.05, 3.63) is 133 Å². The largest absolute Gasteiger partial charge is 0.494 e. The Bertz CT molecular complexity index is 2000. The van der Waals surface area contributed by atoms with Gasteiger partial charge in [-0.2, -0.15) is 19.7 Å². The van der Waals surface area contributed by atoms with Gasteiger partial charge >= 0.3 is 0 Å². The summed E-state index contributed by atoms with van der Waals surface area (Å²) >= 11 is 1.14. The molecule has 3 heterocycles. The van der Waals surface area contributed by atoms with Gasteiger partial charge in [-0.05, 0) is 54.5 Å². The van der Waals surface area contributed by atoms with E-state index in [1.165, 1.54) is 17.4 Å². The summed E-state index contributed by atoms with van der Waals surface area (Å²) in [6.45, 7) is 2.89. The van der Waals surface area contributed by atoms with Gasteiger partial charge < -0.3 is 4.74 Å². The quantitative estimate of drug-likeness (QED) is 0.186. The molecule has 0 N–H and O–H groups in total. The highest BCUT2D eigenvalue weighted by Gasteiger charge is 2.15. The van der Waals surface area contributed by atoms with Crippen molar-refractivity contribution in [2.75, 3.05) is 6.61 Å². The Morgan fingerprint density at radius 1 is 0.860 bits per heavy atom. The molecule has 43 heavy (non-hydrogen) atoms. The summed E-state index contributed by atoms with van der Waals surface area (Å²) in [5, 5.41) is 9.29. The van der Waals surface area contributed by atoms with Crippen molar-refractivity contribution in [2.45, 2.75) is 39.0 Å². The summed E-state index contributed by atoms with van der Waals surface area (Å²) in [5.41, 5.74) is 3.67. The molecule has 0 spiro atoms. The number of ether oxygens (including phenoxy) is 1. The van der Waals surface area contributed by atoms with E-state index in [0.29, 0.717) is 17.6 Å². The van der Waals surface area contributed by atoms with E-state index in [0.717, 1.165) is 58.0 Å². The smallest absolute Gasteiger partial charge is 0.296 e. The Kier molecular flexibility index (Phi) is 8.51. The first-order valence-corrected chi connectivity index (χ1v) is 15.3. The number of benzene rings is 3. The number of unbranched alkanes of at least 4 members (excludes halogenated alkanes) is 3. The molecule has 3 aromatic heterocycles. The Hall–Kier alpha value is -4.89. The van der Waals surface area contributed by atoms with Crippen LogP contribution in [0.25, 0.3) is 28.0 Å². The second kappa shape index (κ2) is 13.0. The molecular weight excluding hydrogens is 558 g/mol. The first kappa shape index (κ1) is 28.2. The molecule has 0 saturated heterocycles. The standard InChI is InChI=1S/C34H31N5O3S/c1-2-3-4-11-20-42-28-18-16-25(17-19-28)31-26(23-38(37-31)27-14-9-6-10-15-27)22-30-33(41)39-34(43-30)35-32(40)29(36-39)21-24-12-7-5-8-13-24/h5-10,12-19,22-23H,2-4,11,20-21H2,1H3. The Labute approximate surface area is 252 Å². The molecule has 0 fully saturated rings. The van der Waals surface area contributed by atoms with Crippen LogP contribution in [0.4, 0.5) is 0 Å². The van der Waals surface area contributed by atoms with Crippen LogP contribution in [0, 0.1) is 0 Å². The highest BCUT2D eigenvalue weighted by molar-refractivity contribution is 7.15. The Morgan fingerprint density at radius 2 is 1.60 bits per heavy atom. The summed E-state index contributed by atoms with van der Waals surface area (Å²) in [5.74, 6) is 0.813. The van der Waals surface area contributed by atoms with Crippen LogP contribution in [0.15, 0.2) is 101 Å². The summed E-state index contributed by atoms with van der Waals surface area (Å²) in [7, 11) is 0. The third kappa shape index (κ3) is 6.47. The van der Waals surface area contributed by atoms with Gasteiger partial charge in [-0.15, -0.1) is 0 Å². The molecule has 216 valence electrons. The molecule has 0 aliphatic carbocycles. The van der Waals surface area contributed by atoms with Crippen molar-refractivity contribution in [3.8, 4) is 22.7 Å². The maximum Gasteiger partial charge on any atom is 0.296 e. The minimum absolute atomic E-state index is 0.232. The molecule has 0 bridgehead atoms. The third-order valence-corrected chi connectivity index (χ3v) is 8.07. The van der Waals surface area contributed by atoms with E-state index < -0.39 is 5.56 Å². The maximum absolute atomic E-state index is 13.5. The van der Waals surface area contributed by atoms with E-state index in [4.69, 9.17) is 9.84 Å². The third-order valence-electron chi connectivity index (χ3n) is 7.11. The van der Waals surface area contributed by atoms with Crippen LogP contribution < -0.4 is 20.4 Å². The van der Waals surface area contributed by atoms with Crippen molar-refractivity contribution >= 4 is 22.4 Å². The first-order chi connectivity index (χ1) is 21.1. The molecule has 0 aliphatic rings. The van der Waals surface area contributed by atoms with Gasteiger partial charge in [0.05, 0.1) is 16.8 Å². The van der Waals surface area contributed by atoms with E-state index in [1.807, 2.05) is 91.1 Å². The lowest BCUT2D eigenvalue weighted by atomic mass is 10.1. The molecule has 0 saturated carbocycles. The fourth-order valence-electron chi connectivity index (χ4n) is 4.84. The normalized spacial score (nSPS) is 11.8. The molecule has 9 heteroatoms.